The molecule has 0 saturated carbocycles. The van der Waals surface area contributed by atoms with Gasteiger partial charge in [0.05, 0.1) is 11.1 Å². The van der Waals surface area contributed by atoms with Crippen molar-refractivity contribution in [2.75, 3.05) is 11.4 Å². The van der Waals surface area contributed by atoms with E-state index in [1.807, 2.05) is 36.9 Å². The van der Waals surface area contributed by atoms with Crippen LogP contribution in [0.2, 0.25) is 0 Å². The minimum absolute atomic E-state index is 0.490. The van der Waals surface area contributed by atoms with Crippen molar-refractivity contribution in [1.82, 2.24) is 24.7 Å². The van der Waals surface area contributed by atoms with Crippen molar-refractivity contribution in [3.8, 4) is 11.5 Å². The molecule has 1 saturated heterocycles. The van der Waals surface area contributed by atoms with Gasteiger partial charge >= 0.3 is 0 Å². The van der Waals surface area contributed by atoms with Crippen LogP contribution in [0.3, 0.4) is 0 Å². The lowest BCUT2D eigenvalue weighted by atomic mass is 10.2. The van der Waals surface area contributed by atoms with Crippen LogP contribution in [0, 0.1) is 6.92 Å². The predicted octanol–water partition coefficient (Wildman–Crippen LogP) is 2.72. The number of aromatic nitrogens is 5. The average molecular weight is 308 g/mol. The van der Waals surface area contributed by atoms with E-state index >= 15 is 0 Å². The average Bonchev–Trinajstić information content (AvgIpc) is 3.11. The van der Waals surface area contributed by atoms with Crippen LogP contribution < -0.4 is 4.90 Å². The summed E-state index contributed by atoms with van der Waals surface area (Å²) in [5, 5.41) is 5.61. The van der Waals surface area contributed by atoms with Crippen LogP contribution in [-0.2, 0) is 7.05 Å². The molecular weight excluding hydrogens is 288 g/mol. The summed E-state index contributed by atoms with van der Waals surface area (Å²) in [6, 6.07) is 6.30. The fourth-order valence-corrected chi connectivity index (χ4v) is 3.38. The lowest BCUT2D eigenvalue weighted by Gasteiger charge is -2.23. The van der Waals surface area contributed by atoms with Crippen molar-refractivity contribution in [3.63, 3.8) is 0 Å². The molecule has 3 aromatic heterocycles. The summed E-state index contributed by atoms with van der Waals surface area (Å²) in [6.45, 7) is 5.31. The van der Waals surface area contributed by atoms with Crippen LogP contribution in [0.4, 0.5) is 5.82 Å². The molecule has 6 nitrogen and oxygen atoms in total. The third-order valence-electron chi connectivity index (χ3n) is 4.56. The fraction of sp³-hybridized carbons (Fsp3) is 0.412. The quantitative estimate of drug-likeness (QED) is 0.728. The summed E-state index contributed by atoms with van der Waals surface area (Å²) in [6.07, 6.45) is 4.17. The third-order valence-corrected chi connectivity index (χ3v) is 4.56. The smallest absolute Gasteiger partial charge is 0.182 e. The van der Waals surface area contributed by atoms with E-state index in [9.17, 15) is 0 Å². The number of aryl methyl sites for hydroxylation is 2. The Morgan fingerprint density at radius 3 is 2.78 bits per heavy atom. The highest BCUT2D eigenvalue weighted by Gasteiger charge is 2.27. The maximum atomic E-state index is 4.88. The van der Waals surface area contributed by atoms with Gasteiger partial charge in [0.2, 0.25) is 0 Å². The predicted molar refractivity (Wildman–Crippen MR) is 90.3 cm³/mol. The van der Waals surface area contributed by atoms with E-state index in [4.69, 9.17) is 9.97 Å². The summed E-state index contributed by atoms with van der Waals surface area (Å²) in [7, 11) is 1.93. The molecular formula is C17H20N6. The van der Waals surface area contributed by atoms with Crippen molar-refractivity contribution in [2.24, 2.45) is 7.05 Å². The molecule has 4 heterocycles. The Morgan fingerprint density at radius 2 is 2.09 bits per heavy atom. The third kappa shape index (κ3) is 2.25. The lowest BCUT2D eigenvalue weighted by molar-refractivity contribution is 0.729. The summed E-state index contributed by atoms with van der Waals surface area (Å²) >= 11 is 0. The second kappa shape index (κ2) is 5.30. The molecule has 3 aromatic rings. The first-order valence-electron chi connectivity index (χ1n) is 8.04. The zero-order chi connectivity index (χ0) is 16.0. The number of anilines is 1. The van der Waals surface area contributed by atoms with Crippen molar-refractivity contribution in [1.29, 1.82) is 0 Å². The molecule has 0 radical (unpaired) electrons. The monoisotopic (exact) mass is 308 g/mol. The Hall–Kier alpha value is -2.50. The summed E-state index contributed by atoms with van der Waals surface area (Å²) in [4.78, 5) is 16.4. The van der Waals surface area contributed by atoms with E-state index in [2.05, 4.69) is 21.9 Å². The number of pyridine rings is 1. The van der Waals surface area contributed by atoms with Gasteiger partial charge in [-0.15, -0.1) is 0 Å². The first kappa shape index (κ1) is 14.1. The highest BCUT2D eigenvalue weighted by Crippen LogP contribution is 2.33. The van der Waals surface area contributed by atoms with Gasteiger partial charge in [-0.25, -0.2) is 9.97 Å². The Balaban J connectivity index is 1.99. The fourth-order valence-electron chi connectivity index (χ4n) is 3.38. The number of hydrogen-bond donors (Lipinski definition) is 0. The normalized spacial score (nSPS) is 18.0. The molecule has 0 amide bonds. The van der Waals surface area contributed by atoms with Gasteiger partial charge in [-0.05, 0) is 38.8 Å². The summed E-state index contributed by atoms with van der Waals surface area (Å²) < 4.78 is 1.84. The first-order chi connectivity index (χ1) is 11.1. The van der Waals surface area contributed by atoms with E-state index in [-0.39, 0.29) is 0 Å². The molecule has 1 unspecified atom stereocenters. The Kier molecular flexibility index (Phi) is 3.25. The van der Waals surface area contributed by atoms with E-state index in [0.29, 0.717) is 11.9 Å². The van der Waals surface area contributed by atoms with Gasteiger partial charge in [-0.1, -0.05) is 6.07 Å². The molecule has 1 atom stereocenters. The van der Waals surface area contributed by atoms with Gasteiger partial charge in [0.15, 0.2) is 11.5 Å². The van der Waals surface area contributed by atoms with Crippen molar-refractivity contribution in [2.45, 2.75) is 32.7 Å². The van der Waals surface area contributed by atoms with E-state index in [1.54, 1.807) is 6.20 Å². The second-order valence-corrected chi connectivity index (χ2v) is 6.18. The molecule has 1 fully saturated rings. The molecule has 0 spiro atoms. The van der Waals surface area contributed by atoms with Gasteiger partial charge in [-0.2, -0.15) is 5.10 Å². The van der Waals surface area contributed by atoms with Crippen LogP contribution in [0.15, 0.2) is 24.4 Å². The van der Waals surface area contributed by atoms with Crippen molar-refractivity contribution < 1.29 is 0 Å². The van der Waals surface area contributed by atoms with Crippen molar-refractivity contribution >= 4 is 16.9 Å². The second-order valence-electron chi connectivity index (χ2n) is 6.18. The van der Waals surface area contributed by atoms with Gasteiger partial charge in [-0.3, -0.25) is 9.67 Å². The highest BCUT2D eigenvalue weighted by atomic mass is 15.3. The molecule has 4 rings (SSSR count). The Labute approximate surface area is 135 Å². The maximum Gasteiger partial charge on any atom is 0.182 e. The van der Waals surface area contributed by atoms with Crippen molar-refractivity contribution in [3.05, 3.63) is 30.1 Å². The number of nitrogens with zero attached hydrogens (tertiary/aromatic N) is 6. The summed E-state index contributed by atoms with van der Waals surface area (Å²) in [5.74, 6) is 1.65. The Bertz CT molecular complexity index is 854. The van der Waals surface area contributed by atoms with Crippen LogP contribution in [0.25, 0.3) is 22.6 Å². The van der Waals surface area contributed by atoms with Gasteiger partial charge in [0, 0.05) is 25.8 Å². The molecule has 0 aromatic carbocycles. The zero-order valence-electron chi connectivity index (χ0n) is 13.7. The molecule has 0 bridgehead atoms. The van der Waals surface area contributed by atoms with Crippen LogP contribution in [0.5, 0.6) is 0 Å². The molecule has 118 valence electrons. The zero-order valence-corrected chi connectivity index (χ0v) is 13.7. The van der Waals surface area contributed by atoms with Gasteiger partial charge in [0.1, 0.15) is 11.5 Å². The minimum Gasteiger partial charge on any atom is -0.353 e. The molecule has 6 heteroatoms. The number of fused-ring (bicyclic) bond motifs is 1. The molecule has 1 aliphatic heterocycles. The topological polar surface area (TPSA) is 59.7 Å². The van der Waals surface area contributed by atoms with Crippen LogP contribution in [0.1, 0.15) is 25.5 Å². The van der Waals surface area contributed by atoms with E-state index in [1.165, 1.54) is 12.8 Å². The van der Waals surface area contributed by atoms with Crippen LogP contribution in [-0.4, -0.2) is 37.3 Å². The molecule has 1 aliphatic rings. The van der Waals surface area contributed by atoms with Gasteiger partial charge < -0.3 is 4.90 Å². The highest BCUT2D eigenvalue weighted by molar-refractivity contribution is 5.91. The number of hydrogen-bond acceptors (Lipinski definition) is 5. The summed E-state index contributed by atoms with van der Waals surface area (Å²) in [5.41, 5.74) is 2.64. The molecule has 23 heavy (non-hydrogen) atoms. The van der Waals surface area contributed by atoms with Gasteiger partial charge in [0.25, 0.3) is 0 Å². The van der Waals surface area contributed by atoms with E-state index in [0.717, 1.165) is 34.8 Å². The minimum atomic E-state index is 0.490. The molecule has 0 N–H and O–H groups in total. The van der Waals surface area contributed by atoms with Crippen LogP contribution >= 0.6 is 0 Å². The van der Waals surface area contributed by atoms with E-state index < -0.39 is 0 Å². The number of rotatable bonds is 2. The maximum absolute atomic E-state index is 4.88. The molecule has 0 aliphatic carbocycles. The standard InChI is InChI=1S/C17H20N6/c1-11-7-6-10-23(11)17-14-12(2)21-22(3)16(14)19-15(20-17)13-8-4-5-9-18-13/h4-5,8-9,11H,6-7,10H2,1-3H3. The lowest BCUT2D eigenvalue weighted by Crippen LogP contribution is -2.27. The Morgan fingerprint density at radius 1 is 1.22 bits per heavy atom. The largest absolute Gasteiger partial charge is 0.353 e. The first-order valence-corrected chi connectivity index (χ1v) is 8.04. The SMILES string of the molecule is Cc1nn(C)c2nc(-c3ccccn3)nc(N3CCCC3C)c12.